The molecule has 0 aliphatic rings. The van der Waals surface area contributed by atoms with Gasteiger partial charge in [0.1, 0.15) is 11.9 Å². The zero-order valence-corrected chi connectivity index (χ0v) is 19.4. The molecular formula is C22H29N5O4S. The number of nitrogens with zero attached hydrogens (tertiary/aromatic N) is 1. The highest BCUT2D eigenvalue weighted by Gasteiger charge is 2.25. The predicted molar refractivity (Wildman–Crippen MR) is 125 cm³/mol. The van der Waals surface area contributed by atoms with Crippen molar-refractivity contribution >= 4 is 41.1 Å². The largest absolute Gasteiger partial charge is 0.460 e. The lowest BCUT2D eigenvalue weighted by Gasteiger charge is -2.23. The van der Waals surface area contributed by atoms with Gasteiger partial charge in [-0.3, -0.25) is 14.4 Å². The number of amides is 2. The van der Waals surface area contributed by atoms with Gasteiger partial charge in [0.25, 0.3) is 5.91 Å². The molecule has 2 rings (SSSR count). The van der Waals surface area contributed by atoms with Crippen molar-refractivity contribution in [1.29, 1.82) is 0 Å². The van der Waals surface area contributed by atoms with Crippen LogP contribution < -0.4 is 21.9 Å². The number of carbonyl (C=O) groups is 3. The van der Waals surface area contributed by atoms with Gasteiger partial charge in [-0.1, -0.05) is 6.07 Å². The summed E-state index contributed by atoms with van der Waals surface area (Å²) < 4.78 is 5.40. The van der Waals surface area contributed by atoms with Gasteiger partial charge in [0.15, 0.2) is 0 Å². The van der Waals surface area contributed by atoms with Gasteiger partial charge in [-0.2, -0.15) is 0 Å². The van der Waals surface area contributed by atoms with Crippen molar-refractivity contribution in [2.24, 2.45) is 10.8 Å². The minimum Gasteiger partial charge on any atom is -0.460 e. The molecule has 9 nitrogen and oxygen atoms in total. The quantitative estimate of drug-likeness (QED) is 0.150. The molecule has 2 amide bonds. The smallest absolute Gasteiger partial charge is 0.308 e. The molecule has 10 heteroatoms. The Morgan fingerprint density at radius 2 is 2.00 bits per heavy atom. The van der Waals surface area contributed by atoms with Gasteiger partial charge >= 0.3 is 5.97 Å². The molecule has 1 unspecified atom stereocenters. The summed E-state index contributed by atoms with van der Waals surface area (Å²) in [7, 11) is 0. The van der Waals surface area contributed by atoms with Gasteiger partial charge in [-0.25, -0.2) is 10.8 Å². The summed E-state index contributed by atoms with van der Waals surface area (Å²) in [6.45, 7) is 7.04. The van der Waals surface area contributed by atoms with E-state index < -0.39 is 29.4 Å². The van der Waals surface area contributed by atoms with Crippen LogP contribution in [0.4, 0.5) is 5.69 Å². The Morgan fingerprint density at radius 3 is 2.62 bits per heavy atom. The highest BCUT2D eigenvalue weighted by Crippen LogP contribution is 2.27. The number of hydrogen-bond donors (Lipinski definition) is 4. The fraction of sp³-hybridized carbons (Fsp3) is 0.364. The number of aliphatic imine (C=N–C) groups is 1. The van der Waals surface area contributed by atoms with Crippen LogP contribution in [0.3, 0.4) is 0 Å². The summed E-state index contributed by atoms with van der Waals surface area (Å²) in [5.74, 6) is 3.90. The molecular weight excluding hydrogens is 430 g/mol. The van der Waals surface area contributed by atoms with Crippen molar-refractivity contribution in [1.82, 2.24) is 16.1 Å². The SMILES string of the molecule is Cc1ccsc1C(CC(=O)OC(C)(C)C)NC(=O)CNC(=O)c1cccc(N=CNN)c1. The maximum Gasteiger partial charge on any atom is 0.308 e. The second kappa shape index (κ2) is 11.4. The van der Waals surface area contributed by atoms with Crippen LogP contribution in [-0.2, 0) is 14.3 Å². The van der Waals surface area contributed by atoms with Crippen LogP contribution in [0.5, 0.6) is 0 Å². The molecule has 32 heavy (non-hydrogen) atoms. The van der Waals surface area contributed by atoms with E-state index in [1.807, 2.05) is 18.4 Å². The molecule has 0 fully saturated rings. The van der Waals surface area contributed by atoms with Crippen molar-refractivity contribution < 1.29 is 19.1 Å². The van der Waals surface area contributed by atoms with Crippen LogP contribution in [0, 0.1) is 6.92 Å². The van der Waals surface area contributed by atoms with Gasteiger partial charge < -0.3 is 20.8 Å². The number of aryl methyl sites for hydroxylation is 1. The number of benzene rings is 1. The van der Waals surface area contributed by atoms with E-state index in [9.17, 15) is 14.4 Å². The lowest BCUT2D eigenvalue weighted by atomic mass is 10.1. The third-order valence-corrected chi connectivity index (χ3v) is 5.28. The Bertz CT molecular complexity index is 981. The lowest BCUT2D eigenvalue weighted by Crippen LogP contribution is -2.39. The molecule has 0 saturated heterocycles. The molecule has 2 aromatic rings. The monoisotopic (exact) mass is 459 g/mol. The Kier molecular flexibility index (Phi) is 8.91. The Balaban J connectivity index is 2.01. The van der Waals surface area contributed by atoms with E-state index in [2.05, 4.69) is 21.1 Å². The second-order valence-electron chi connectivity index (χ2n) is 8.04. The first-order valence-electron chi connectivity index (χ1n) is 10.0. The summed E-state index contributed by atoms with van der Waals surface area (Å²) in [5, 5.41) is 7.32. The number of nitrogens with two attached hydrogens (primary N) is 1. The zero-order valence-electron chi connectivity index (χ0n) is 18.6. The molecule has 0 aliphatic carbocycles. The van der Waals surface area contributed by atoms with Gasteiger partial charge in [0, 0.05) is 10.4 Å². The summed E-state index contributed by atoms with van der Waals surface area (Å²) in [4.78, 5) is 42.2. The summed E-state index contributed by atoms with van der Waals surface area (Å²) >= 11 is 1.45. The van der Waals surface area contributed by atoms with E-state index in [4.69, 9.17) is 10.6 Å². The number of carbonyl (C=O) groups excluding carboxylic acids is 3. The maximum absolute atomic E-state index is 12.6. The molecule has 1 atom stereocenters. The first-order chi connectivity index (χ1) is 15.1. The minimum atomic E-state index is -0.622. The molecule has 0 spiro atoms. The molecule has 5 N–H and O–H groups in total. The number of ether oxygens (including phenoxy) is 1. The van der Waals surface area contributed by atoms with E-state index in [1.165, 1.54) is 17.7 Å². The van der Waals surface area contributed by atoms with Crippen molar-refractivity contribution in [3.8, 4) is 0 Å². The van der Waals surface area contributed by atoms with Gasteiger partial charge in [-0.05, 0) is 62.9 Å². The molecule has 0 aliphatic heterocycles. The first-order valence-corrected chi connectivity index (χ1v) is 10.9. The maximum atomic E-state index is 12.6. The van der Waals surface area contributed by atoms with Gasteiger partial charge in [0.2, 0.25) is 5.91 Å². The zero-order chi connectivity index (χ0) is 23.7. The van der Waals surface area contributed by atoms with Crippen molar-refractivity contribution in [2.45, 2.75) is 45.8 Å². The molecule has 1 aromatic heterocycles. The lowest BCUT2D eigenvalue weighted by molar-refractivity contribution is -0.155. The van der Waals surface area contributed by atoms with Crippen LogP contribution in [0.2, 0.25) is 0 Å². The number of thiophene rings is 1. The third-order valence-electron chi connectivity index (χ3n) is 4.15. The number of hydrazine groups is 1. The summed E-state index contributed by atoms with van der Waals surface area (Å²) in [6.07, 6.45) is 1.29. The topological polar surface area (TPSA) is 135 Å². The van der Waals surface area contributed by atoms with E-state index in [0.29, 0.717) is 11.3 Å². The van der Waals surface area contributed by atoms with Gasteiger partial charge in [-0.15, -0.1) is 11.3 Å². The van der Waals surface area contributed by atoms with Crippen molar-refractivity contribution in [3.05, 3.63) is 51.7 Å². The van der Waals surface area contributed by atoms with Crippen LogP contribution in [-0.4, -0.2) is 36.3 Å². The van der Waals surface area contributed by atoms with Gasteiger partial charge in [0.05, 0.1) is 24.7 Å². The Labute approximate surface area is 191 Å². The van der Waals surface area contributed by atoms with Crippen LogP contribution in [0.15, 0.2) is 40.7 Å². The Morgan fingerprint density at radius 1 is 1.25 bits per heavy atom. The highest BCUT2D eigenvalue weighted by molar-refractivity contribution is 7.10. The van der Waals surface area contributed by atoms with Crippen molar-refractivity contribution in [2.75, 3.05) is 6.54 Å². The average molecular weight is 460 g/mol. The van der Waals surface area contributed by atoms with E-state index in [0.717, 1.165) is 10.4 Å². The Hall–Kier alpha value is -3.24. The van der Waals surface area contributed by atoms with Crippen LogP contribution >= 0.6 is 11.3 Å². The summed E-state index contributed by atoms with van der Waals surface area (Å²) in [5.41, 5.74) is 3.52. The standard InChI is InChI=1S/C22H29N5O4S/c1-14-8-9-32-20(14)17(11-19(29)31-22(2,3)4)27-18(28)12-24-21(30)15-6-5-7-16(10-15)25-13-26-23/h5-10,13,17H,11-12,23H2,1-4H3,(H,24,30)(H,25,26)(H,27,28). The number of esters is 1. The van der Waals surface area contributed by atoms with E-state index in [1.54, 1.807) is 45.0 Å². The molecule has 1 aromatic carbocycles. The first kappa shape index (κ1) is 25.0. The fourth-order valence-electron chi connectivity index (χ4n) is 2.85. The molecule has 0 radical (unpaired) electrons. The predicted octanol–water partition coefficient (Wildman–Crippen LogP) is 2.50. The molecule has 0 saturated carbocycles. The third kappa shape index (κ3) is 8.12. The summed E-state index contributed by atoms with van der Waals surface area (Å²) in [6, 6.07) is 7.95. The molecule has 0 bridgehead atoms. The average Bonchev–Trinajstić information content (AvgIpc) is 3.14. The molecule has 172 valence electrons. The highest BCUT2D eigenvalue weighted by atomic mass is 32.1. The number of rotatable bonds is 9. The van der Waals surface area contributed by atoms with E-state index in [-0.39, 0.29) is 13.0 Å². The van der Waals surface area contributed by atoms with Crippen molar-refractivity contribution in [3.63, 3.8) is 0 Å². The molecule has 1 heterocycles. The fourth-order valence-corrected chi connectivity index (χ4v) is 3.83. The van der Waals surface area contributed by atoms with E-state index >= 15 is 0 Å². The number of hydrogen-bond acceptors (Lipinski definition) is 7. The number of nitrogens with one attached hydrogen (secondary N) is 3. The van der Waals surface area contributed by atoms with Crippen LogP contribution in [0.25, 0.3) is 0 Å². The van der Waals surface area contributed by atoms with Crippen LogP contribution in [0.1, 0.15) is 54.0 Å². The normalized spacial score (nSPS) is 12.3. The second-order valence-corrected chi connectivity index (χ2v) is 8.98. The minimum absolute atomic E-state index is 0.00641.